The number of rotatable bonds is 4. The molecule has 20 heavy (non-hydrogen) atoms. The van der Waals surface area contributed by atoms with Gasteiger partial charge in [-0.3, -0.25) is 9.78 Å². The molecule has 0 atom stereocenters. The fourth-order valence-electron chi connectivity index (χ4n) is 1.54. The Morgan fingerprint density at radius 3 is 2.45 bits per heavy atom. The fourth-order valence-corrected chi connectivity index (χ4v) is 2.17. The Labute approximate surface area is 116 Å². The highest BCUT2D eigenvalue weighted by Gasteiger charge is 2.08. The molecular formula is C13H13N3O3S. The van der Waals surface area contributed by atoms with E-state index >= 15 is 0 Å². The predicted molar refractivity (Wildman–Crippen MR) is 72.8 cm³/mol. The highest BCUT2D eigenvalue weighted by Crippen LogP contribution is 2.10. The van der Waals surface area contributed by atoms with E-state index in [9.17, 15) is 13.2 Å². The molecule has 0 spiro atoms. The average Bonchev–Trinajstić information content (AvgIpc) is 2.45. The number of aromatic nitrogens is 2. The summed E-state index contributed by atoms with van der Waals surface area (Å²) in [4.78, 5) is 19.7. The summed E-state index contributed by atoms with van der Waals surface area (Å²) < 4.78 is 22.6. The van der Waals surface area contributed by atoms with E-state index in [4.69, 9.17) is 0 Å². The van der Waals surface area contributed by atoms with Crippen molar-refractivity contribution in [3.8, 4) is 0 Å². The van der Waals surface area contributed by atoms with Gasteiger partial charge in [0.05, 0.1) is 11.1 Å². The third kappa shape index (κ3) is 3.61. The topological polar surface area (TPSA) is 89.0 Å². The number of nitrogens with one attached hydrogen (secondary N) is 1. The SMILES string of the molecule is CS(=O)(=O)c1ccc(CNC(=O)c2cnccn2)cc1. The van der Waals surface area contributed by atoms with Crippen LogP contribution in [0.25, 0.3) is 0 Å². The van der Waals surface area contributed by atoms with Crippen molar-refractivity contribution in [1.29, 1.82) is 0 Å². The van der Waals surface area contributed by atoms with Crippen LogP contribution in [-0.2, 0) is 16.4 Å². The van der Waals surface area contributed by atoms with Gasteiger partial charge in [0.2, 0.25) is 0 Å². The Hall–Kier alpha value is -2.28. The number of hydrogen-bond donors (Lipinski definition) is 1. The van der Waals surface area contributed by atoms with Crippen molar-refractivity contribution >= 4 is 15.7 Å². The molecule has 2 rings (SSSR count). The number of carbonyl (C=O) groups excluding carboxylic acids is 1. The summed E-state index contributed by atoms with van der Waals surface area (Å²) in [5, 5.41) is 2.68. The molecule has 0 aliphatic carbocycles. The molecule has 0 bridgehead atoms. The van der Waals surface area contributed by atoms with Crippen LogP contribution in [0.2, 0.25) is 0 Å². The van der Waals surface area contributed by atoms with Gasteiger partial charge >= 0.3 is 0 Å². The van der Waals surface area contributed by atoms with Crippen molar-refractivity contribution in [2.45, 2.75) is 11.4 Å². The third-order valence-corrected chi connectivity index (χ3v) is 3.73. The van der Waals surface area contributed by atoms with Gasteiger partial charge in [-0.05, 0) is 17.7 Å². The van der Waals surface area contributed by atoms with Crippen LogP contribution in [0.15, 0.2) is 47.8 Å². The van der Waals surface area contributed by atoms with Crippen molar-refractivity contribution in [3.05, 3.63) is 54.1 Å². The molecule has 1 amide bonds. The minimum Gasteiger partial charge on any atom is -0.347 e. The Morgan fingerprint density at radius 1 is 1.20 bits per heavy atom. The molecule has 0 unspecified atom stereocenters. The Balaban J connectivity index is 2.00. The van der Waals surface area contributed by atoms with Gasteiger partial charge in [-0.25, -0.2) is 13.4 Å². The first-order valence-corrected chi connectivity index (χ1v) is 7.69. The van der Waals surface area contributed by atoms with Crippen LogP contribution in [0.3, 0.4) is 0 Å². The van der Waals surface area contributed by atoms with Gasteiger partial charge in [0.15, 0.2) is 9.84 Å². The summed E-state index contributed by atoms with van der Waals surface area (Å²) in [7, 11) is -3.20. The van der Waals surface area contributed by atoms with Gasteiger partial charge in [-0.2, -0.15) is 0 Å². The van der Waals surface area contributed by atoms with E-state index in [1.807, 2.05) is 0 Å². The van der Waals surface area contributed by atoms with Crippen LogP contribution in [0.4, 0.5) is 0 Å². The highest BCUT2D eigenvalue weighted by molar-refractivity contribution is 7.90. The fraction of sp³-hybridized carbons (Fsp3) is 0.154. The molecule has 104 valence electrons. The molecular weight excluding hydrogens is 278 g/mol. The van der Waals surface area contributed by atoms with Crippen molar-refractivity contribution in [3.63, 3.8) is 0 Å². The average molecular weight is 291 g/mol. The first-order valence-electron chi connectivity index (χ1n) is 5.80. The Bertz CT molecular complexity index is 697. The molecule has 0 fully saturated rings. The molecule has 1 aromatic heterocycles. The summed E-state index contributed by atoms with van der Waals surface area (Å²) in [6, 6.07) is 6.35. The summed E-state index contributed by atoms with van der Waals surface area (Å²) in [5.41, 5.74) is 1.04. The zero-order chi connectivity index (χ0) is 14.6. The largest absolute Gasteiger partial charge is 0.347 e. The van der Waals surface area contributed by atoms with Gasteiger partial charge in [0.25, 0.3) is 5.91 Å². The standard InChI is InChI=1S/C13H13N3O3S/c1-20(18,19)11-4-2-10(3-5-11)8-16-13(17)12-9-14-6-7-15-12/h2-7,9H,8H2,1H3,(H,16,17). The maximum absolute atomic E-state index is 11.7. The summed E-state index contributed by atoms with van der Waals surface area (Å²) >= 11 is 0. The lowest BCUT2D eigenvalue weighted by atomic mass is 10.2. The van der Waals surface area contributed by atoms with E-state index in [1.165, 1.54) is 30.7 Å². The second kappa shape index (κ2) is 5.79. The molecule has 6 nitrogen and oxygen atoms in total. The number of sulfone groups is 1. The van der Waals surface area contributed by atoms with Crippen molar-refractivity contribution in [1.82, 2.24) is 15.3 Å². The smallest absolute Gasteiger partial charge is 0.271 e. The minimum absolute atomic E-state index is 0.236. The van der Waals surface area contributed by atoms with E-state index in [1.54, 1.807) is 12.1 Å². The molecule has 0 radical (unpaired) electrons. The molecule has 1 N–H and O–H groups in total. The number of amides is 1. The molecule has 1 aromatic carbocycles. The lowest BCUT2D eigenvalue weighted by molar-refractivity contribution is 0.0945. The van der Waals surface area contributed by atoms with Gasteiger partial charge in [0.1, 0.15) is 5.69 Å². The van der Waals surface area contributed by atoms with Crippen LogP contribution in [0, 0.1) is 0 Å². The normalized spacial score (nSPS) is 11.1. The van der Waals surface area contributed by atoms with Crippen LogP contribution in [-0.4, -0.2) is 30.5 Å². The zero-order valence-corrected chi connectivity index (χ0v) is 11.6. The summed E-state index contributed by atoms with van der Waals surface area (Å²) in [6.45, 7) is 0.291. The van der Waals surface area contributed by atoms with E-state index in [0.717, 1.165) is 11.8 Å². The summed E-state index contributed by atoms with van der Waals surface area (Å²) in [5.74, 6) is -0.328. The zero-order valence-electron chi connectivity index (χ0n) is 10.8. The number of carbonyl (C=O) groups is 1. The summed E-state index contributed by atoms with van der Waals surface area (Å²) in [6.07, 6.45) is 5.45. The molecule has 2 aromatic rings. The number of benzene rings is 1. The third-order valence-electron chi connectivity index (χ3n) is 2.60. The first kappa shape index (κ1) is 14.1. The van der Waals surface area contributed by atoms with Crippen molar-refractivity contribution in [2.24, 2.45) is 0 Å². The van der Waals surface area contributed by atoms with Crippen LogP contribution < -0.4 is 5.32 Å². The van der Waals surface area contributed by atoms with E-state index < -0.39 is 9.84 Å². The second-order valence-electron chi connectivity index (χ2n) is 4.19. The highest BCUT2D eigenvalue weighted by atomic mass is 32.2. The lowest BCUT2D eigenvalue weighted by Gasteiger charge is -2.05. The van der Waals surface area contributed by atoms with E-state index in [-0.39, 0.29) is 16.5 Å². The Kier molecular flexibility index (Phi) is 4.09. The van der Waals surface area contributed by atoms with E-state index in [2.05, 4.69) is 15.3 Å². The Morgan fingerprint density at radius 2 is 1.90 bits per heavy atom. The van der Waals surface area contributed by atoms with E-state index in [0.29, 0.717) is 6.54 Å². The van der Waals surface area contributed by atoms with Gasteiger partial charge in [-0.1, -0.05) is 12.1 Å². The monoisotopic (exact) mass is 291 g/mol. The minimum atomic E-state index is -3.20. The van der Waals surface area contributed by atoms with Crippen molar-refractivity contribution in [2.75, 3.05) is 6.26 Å². The van der Waals surface area contributed by atoms with Crippen LogP contribution >= 0.6 is 0 Å². The number of hydrogen-bond acceptors (Lipinski definition) is 5. The van der Waals surface area contributed by atoms with Gasteiger partial charge in [0, 0.05) is 25.2 Å². The molecule has 0 aliphatic heterocycles. The predicted octanol–water partition coefficient (Wildman–Crippen LogP) is 0.810. The van der Waals surface area contributed by atoms with Crippen molar-refractivity contribution < 1.29 is 13.2 Å². The van der Waals surface area contributed by atoms with Gasteiger partial charge in [-0.15, -0.1) is 0 Å². The number of nitrogens with zero attached hydrogens (tertiary/aromatic N) is 2. The molecule has 7 heteroatoms. The quantitative estimate of drug-likeness (QED) is 0.900. The van der Waals surface area contributed by atoms with Crippen LogP contribution in [0.5, 0.6) is 0 Å². The maximum atomic E-state index is 11.7. The molecule has 0 aliphatic rings. The molecule has 0 saturated carbocycles. The molecule has 1 heterocycles. The lowest BCUT2D eigenvalue weighted by Crippen LogP contribution is -2.23. The van der Waals surface area contributed by atoms with Crippen LogP contribution in [0.1, 0.15) is 16.1 Å². The second-order valence-corrected chi connectivity index (χ2v) is 6.21. The maximum Gasteiger partial charge on any atom is 0.271 e. The first-order chi connectivity index (χ1) is 9.47. The van der Waals surface area contributed by atoms with Gasteiger partial charge < -0.3 is 5.32 Å². The molecule has 0 saturated heterocycles.